The lowest BCUT2D eigenvalue weighted by Crippen LogP contribution is -2.37. The fraction of sp³-hybridized carbons (Fsp3) is 0.263. The molecule has 142 valence electrons. The van der Waals surface area contributed by atoms with Crippen LogP contribution in [0.25, 0.3) is 0 Å². The summed E-state index contributed by atoms with van der Waals surface area (Å²) in [5.41, 5.74) is 1.24. The summed E-state index contributed by atoms with van der Waals surface area (Å²) in [5.74, 6) is -0.455. The van der Waals surface area contributed by atoms with Gasteiger partial charge in [-0.05, 0) is 43.7 Å². The van der Waals surface area contributed by atoms with E-state index < -0.39 is 16.1 Å². The molecule has 0 fully saturated rings. The number of benzene rings is 2. The minimum absolute atomic E-state index is 0.149. The van der Waals surface area contributed by atoms with Gasteiger partial charge in [0, 0.05) is 12.6 Å². The van der Waals surface area contributed by atoms with E-state index in [9.17, 15) is 17.6 Å². The third kappa shape index (κ3) is 3.71. The molecule has 27 heavy (non-hydrogen) atoms. The van der Waals surface area contributed by atoms with Crippen molar-refractivity contribution in [3.8, 4) is 0 Å². The summed E-state index contributed by atoms with van der Waals surface area (Å²) in [6.07, 6.45) is 0. The minimum Gasteiger partial charge on any atom is -0.337 e. The van der Waals surface area contributed by atoms with Gasteiger partial charge in [0.15, 0.2) is 0 Å². The minimum atomic E-state index is -3.65. The molecule has 0 saturated carbocycles. The normalized spacial score (nSPS) is 18.4. The predicted molar refractivity (Wildman–Crippen MR) is 100 cm³/mol. The second-order valence-electron chi connectivity index (χ2n) is 6.43. The van der Waals surface area contributed by atoms with Crippen molar-refractivity contribution in [2.24, 2.45) is 4.99 Å². The molecule has 0 spiro atoms. The topological polar surface area (TPSA) is 78.8 Å². The van der Waals surface area contributed by atoms with E-state index in [1.54, 1.807) is 44.3 Å². The highest BCUT2D eigenvalue weighted by atomic mass is 32.2. The molecule has 6 nitrogen and oxygen atoms in total. The van der Waals surface area contributed by atoms with Crippen LogP contribution in [0.15, 0.2) is 58.4 Å². The van der Waals surface area contributed by atoms with Crippen LogP contribution in [-0.4, -0.2) is 38.2 Å². The highest BCUT2D eigenvalue weighted by Crippen LogP contribution is 2.24. The van der Waals surface area contributed by atoms with Gasteiger partial charge in [0.25, 0.3) is 10.0 Å². The Labute approximate surface area is 157 Å². The summed E-state index contributed by atoms with van der Waals surface area (Å²) in [7, 11) is -2.01. The Morgan fingerprint density at radius 3 is 2.41 bits per heavy atom. The van der Waals surface area contributed by atoms with Crippen LogP contribution in [0.1, 0.15) is 31.0 Å². The highest BCUT2D eigenvalue weighted by Gasteiger charge is 2.32. The first kappa shape index (κ1) is 19.0. The second-order valence-corrected chi connectivity index (χ2v) is 8.08. The van der Waals surface area contributed by atoms with Crippen LogP contribution in [0, 0.1) is 5.82 Å². The molecule has 2 aromatic carbocycles. The molecule has 2 atom stereocenters. The van der Waals surface area contributed by atoms with E-state index in [1.807, 2.05) is 6.92 Å². The summed E-state index contributed by atoms with van der Waals surface area (Å²) in [5, 5.41) is 0. The fourth-order valence-corrected chi connectivity index (χ4v) is 4.17. The van der Waals surface area contributed by atoms with Gasteiger partial charge < -0.3 is 4.90 Å². The molecule has 2 aromatic rings. The monoisotopic (exact) mass is 389 g/mol. The summed E-state index contributed by atoms with van der Waals surface area (Å²) < 4.78 is 39.8. The number of aliphatic imine (C=N–C) groups is 1. The molecule has 0 aliphatic carbocycles. The number of amidine groups is 1. The Bertz CT molecular complexity index is 1000. The molecule has 0 bridgehead atoms. The third-order valence-corrected chi connectivity index (χ3v) is 6.02. The summed E-state index contributed by atoms with van der Waals surface area (Å²) in [6.45, 7) is 3.44. The third-order valence-electron chi connectivity index (χ3n) is 4.62. The molecule has 1 aliphatic rings. The number of nitrogens with one attached hydrogen (secondary N) is 1. The van der Waals surface area contributed by atoms with Crippen molar-refractivity contribution < 1.29 is 17.6 Å². The van der Waals surface area contributed by atoms with Crippen LogP contribution in [0.4, 0.5) is 4.39 Å². The molecule has 1 aliphatic heterocycles. The van der Waals surface area contributed by atoms with E-state index >= 15 is 0 Å². The smallest absolute Gasteiger partial charge is 0.263 e. The first-order valence-corrected chi connectivity index (χ1v) is 9.91. The van der Waals surface area contributed by atoms with Gasteiger partial charge >= 0.3 is 0 Å². The first-order chi connectivity index (χ1) is 12.7. The molecule has 3 rings (SSSR count). The van der Waals surface area contributed by atoms with Gasteiger partial charge in [-0.2, -0.15) is 0 Å². The van der Waals surface area contributed by atoms with Crippen molar-refractivity contribution in [1.82, 2.24) is 9.62 Å². The number of nitrogens with zero attached hydrogens (tertiary/aromatic N) is 2. The number of carbonyl (C=O) groups excluding carboxylic acids is 1. The van der Waals surface area contributed by atoms with Gasteiger partial charge in [-0.3, -0.25) is 14.5 Å². The maximum atomic E-state index is 13.1. The van der Waals surface area contributed by atoms with E-state index in [-0.39, 0.29) is 28.5 Å². The predicted octanol–water partition coefficient (Wildman–Crippen LogP) is 2.47. The molecule has 1 amide bonds. The molecular weight excluding hydrogens is 369 g/mol. The van der Waals surface area contributed by atoms with E-state index in [2.05, 4.69) is 9.71 Å². The molecule has 1 unspecified atom stereocenters. The Balaban J connectivity index is 1.82. The summed E-state index contributed by atoms with van der Waals surface area (Å²) in [6, 6.07) is 11.4. The van der Waals surface area contributed by atoms with Crippen molar-refractivity contribution in [3.63, 3.8) is 0 Å². The number of fused-ring (bicyclic) bond motifs is 1. The van der Waals surface area contributed by atoms with Crippen molar-refractivity contribution in [2.75, 3.05) is 7.05 Å². The number of halogens is 1. The Kier molecular flexibility index (Phi) is 5.01. The van der Waals surface area contributed by atoms with Gasteiger partial charge in [0.2, 0.25) is 5.91 Å². The van der Waals surface area contributed by atoms with Gasteiger partial charge in [-0.15, -0.1) is 0 Å². The van der Waals surface area contributed by atoms with Gasteiger partial charge in [0.05, 0.1) is 10.9 Å². The van der Waals surface area contributed by atoms with E-state index in [0.29, 0.717) is 5.56 Å². The van der Waals surface area contributed by atoms with Gasteiger partial charge in [-0.1, -0.05) is 24.3 Å². The Morgan fingerprint density at radius 1 is 1.11 bits per heavy atom. The van der Waals surface area contributed by atoms with Crippen LogP contribution >= 0.6 is 0 Å². The number of amides is 1. The molecule has 0 aromatic heterocycles. The largest absolute Gasteiger partial charge is 0.337 e. The van der Waals surface area contributed by atoms with Gasteiger partial charge in [-0.25, -0.2) is 12.8 Å². The zero-order chi connectivity index (χ0) is 19.8. The van der Waals surface area contributed by atoms with Crippen molar-refractivity contribution >= 4 is 21.8 Å². The summed E-state index contributed by atoms with van der Waals surface area (Å²) in [4.78, 5) is 18.7. The lowest BCUT2D eigenvalue weighted by Gasteiger charge is -2.27. The molecular formula is C19H20FN3O3S. The number of hydrogen-bond acceptors (Lipinski definition) is 4. The van der Waals surface area contributed by atoms with E-state index in [1.165, 1.54) is 23.1 Å². The van der Waals surface area contributed by atoms with Gasteiger partial charge in [0.1, 0.15) is 17.7 Å². The second kappa shape index (κ2) is 7.11. The van der Waals surface area contributed by atoms with Crippen LogP contribution < -0.4 is 4.72 Å². The van der Waals surface area contributed by atoms with Crippen molar-refractivity contribution in [1.29, 1.82) is 0 Å². The quantitative estimate of drug-likeness (QED) is 0.873. The fourth-order valence-electron chi connectivity index (χ4n) is 2.93. The van der Waals surface area contributed by atoms with Crippen LogP contribution in [-0.2, 0) is 14.8 Å². The maximum absolute atomic E-state index is 13.1. The Morgan fingerprint density at radius 2 is 1.74 bits per heavy atom. The zero-order valence-electron chi connectivity index (χ0n) is 15.2. The lowest BCUT2D eigenvalue weighted by molar-refractivity contribution is -0.132. The number of carbonyl (C=O) groups is 1. The Hall–Kier alpha value is -2.74. The zero-order valence-corrected chi connectivity index (χ0v) is 16.0. The van der Waals surface area contributed by atoms with Crippen LogP contribution in [0.2, 0.25) is 0 Å². The molecule has 1 N–H and O–H groups in total. The van der Waals surface area contributed by atoms with E-state index in [0.717, 1.165) is 5.56 Å². The average molecular weight is 389 g/mol. The van der Waals surface area contributed by atoms with Crippen LogP contribution in [0.5, 0.6) is 0 Å². The number of hydrogen-bond donors (Lipinski definition) is 1. The van der Waals surface area contributed by atoms with E-state index in [4.69, 9.17) is 0 Å². The number of rotatable bonds is 4. The van der Waals surface area contributed by atoms with Crippen LogP contribution in [0.3, 0.4) is 0 Å². The first-order valence-electron chi connectivity index (χ1n) is 8.43. The maximum Gasteiger partial charge on any atom is 0.263 e. The van der Waals surface area contributed by atoms with Crippen molar-refractivity contribution in [2.45, 2.75) is 30.8 Å². The highest BCUT2D eigenvalue weighted by molar-refractivity contribution is 7.90. The molecule has 8 heteroatoms. The lowest BCUT2D eigenvalue weighted by atomic mass is 10.1. The number of likely N-dealkylation sites (N-methyl/N-ethyl adjacent to an activating group) is 1. The number of sulfonamides is 1. The molecule has 0 radical (unpaired) electrons. The summed E-state index contributed by atoms with van der Waals surface area (Å²) >= 11 is 0. The molecule has 1 heterocycles. The average Bonchev–Trinajstić information content (AvgIpc) is 2.91. The standard InChI is InChI=1S/C19H20FN3O3S/c1-12(19(24)23(3)13(2)14-8-10-15(20)11-9-14)21-18-16-6-4-5-7-17(16)27(25,26)22-18/h4-13H,1-3H3,(H,21,22)/t12-,13?/m0/s1. The SMILES string of the molecule is CC(c1ccc(F)cc1)N(C)C(=O)[C@H](C)N=C1NS(=O)(=O)c2ccccc21. The van der Waals surface area contributed by atoms with Crippen molar-refractivity contribution in [3.05, 3.63) is 65.5 Å². The molecule has 0 saturated heterocycles.